The van der Waals surface area contributed by atoms with Gasteiger partial charge in [-0.25, -0.2) is 9.59 Å². The van der Waals surface area contributed by atoms with Gasteiger partial charge in [0, 0.05) is 17.5 Å². The molecule has 2 amide bonds. The van der Waals surface area contributed by atoms with E-state index in [-0.39, 0.29) is 12.0 Å². The van der Waals surface area contributed by atoms with Gasteiger partial charge in [0.25, 0.3) is 5.91 Å². The highest BCUT2D eigenvalue weighted by Crippen LogP contribution is 2.41. The third-order valence-electron chi connectivity index (χ3n) is 5.70. The summed E-state index contributed by atoms with van der Waals surface area (Å²) in [5, 5.41) is 7.13. The van der Waals surface area contributed by atoms with Crippen LogP contribution in [0.2, 0.25) is 0 Å². The van der Waals surface area contributed by atoms with Crippen molar-refractivity contribution in [1.82, 2.24) is 10.2 Å². The lowest BCUT2D eigenvalue weighted by molar-refractivity contribution is -0.128. The van der Waals surface area contributed by atoms with Gasteiger partial charge in [0.05, 0.1) is 25.0 Å². The molecule has 0 saturated carbocycles. The van der Waals surface area contributed by atoms with E-state index in [0.29, 0.717) is 43.2 Å². The summed E-state index contributed by atoms with van der Waals surface area (Å²) in [5.41, 5.74) is 2.35. The number of carbonyl (C=O) groups is 3. The van der Waals surface area contributed by atoms with Crippen LogP contribution in [0.1, 0.15) is 45.2 Å². The van der Waals surface area contributed by atoms with E-state index in [9.17, 15) is 14.4 Å². The van der Waals surface area contributed by atoms with Gasteiger partial charge >= 0.3 is 12.1 Å². The molecule has 2 N–H and O–H groups in total. The van der Waals surface area contributed by atoms with Crippen molar-refractivity contribution in [2.24, 2.45) is 0 Å². The predicted molar refractivity (Wildman–Crippen MR) is 129 cm³/mol. The molecule has 3 aromatic rings. The summed E-state index contributed by atoms with van der Waals surface area (Å²) in [4.78, 5) is 40.0. The summed E-state index contributed by atoms with van der Waals surface area (Å²) in [5.74, 6) is 0.187. The zero-order valence-electron chi connectivity index (χ0n) is 18.9. The average molecular weight is 494 g/mol. The number of esters is 1. The molecule has 0 radical (unpaired) electrons. The molecule has 0 spiro atoms. The van der Waals surface area contributed by atoms with E-state index < -0.39 is 12.1 Å². The molecular weight excluding hydrogens is 470 g/mol. The second-order valence-electron chi connectivity index (χ2n) is 7.97. The van der Waals surface area contributed by atoms with Crippen molar-refractivity contribution in [3.05, 3.63) is 76.1 Å². The van der Waals surface area contributed by atoms with Crippen LogP contribution in [-0.4, -0.2) is 36.0 Å². The first kappa shape index (κ1) is 22.7. The summed E-state index contributed by atoms with van der Waals surface area (Å²) >= 11 is 1.47. The Kier molecular flexibility index (Phi) is 6.28. The Morgan fingerprint density at radius 3 is 2.94 bits per heavy atom. The predicted octanol–water partition coefficient (Wildman–Crippen LogP) is 4.33. The van der Waals surface area contributed by atoms with Crippen molar-refractivity contribution in [2.75, 3.05) is 18.5 Å². The largest absolute Gasteiger partial charge is 0.465 e. The minimum Gasteiger partial charge on any atom is -0.465 e. The van der Waals surface area contributed by atoms with E-state index >= 15 is 0 Å². The van der Waals surface area contributed by atoms with Crippen molar-refractivity contribution >= 4 is 40.4 Å². The highest BCUT2D eigenvalue weighted by molar-refractivity contribution is 7.16. The van der Waals surface area contributed by atoms with Crippen molar-refractivity contribution < 1.29 is 28.3 Å². The van der Waals surface area contributed by atoms with E-state index in [1.165, 1.54) is 29.8 Å². The van der Waals surface area contributed by atoms with Gasteiger partial charge in [0.2, 0.25) is 0 Å². The summed E-state index contributed by atoms with van der Waals surface area (Å²) in [6.07, 6.45) is 4.09. The number of ether oxygens (including phenoxy) is 2. The molecule has 1 atom stereocenters. The number of nitrogens with one attached hydrogen (secondary N) is 2. The van der Waals surface area contributed by atoms with E-state index in [0.717, 1.165) is 21.0 Å². The van der Waals surface area contributed by atoms with Crippen LogP contribution in [0.25, 0.3) is 6.08 Å². The summed E-state index contributed by atoms with van der Waals surface area (Å²) in [7, 11) is 0. The number of rotatable bonds is 5. The lowest BCUT2D eigenvalue weighted by atomic mass is 10.0. The fourth-order valence-electron chi connectivity index (χ4n) is 4.10. The zero-order chi connectivity index (χ0) is 24.4. The van der Waals surface area contributed by atoms with Gasteiger partial charge in [-0.3, -0.25) is 4.79 Å². The van der Waals surface area contributed by atoms with E-state index in [1.807, 2.05) is 6.07 Å². The van der Waals surface area contributed by atoms with Crippen LogP contribution in [0, 0.1) is 0 Å². The number of hydrogen-bond donors (Lipinski definition) is 2. The average Bonchev–Trinajstić information content (AvgIpc) is 3.50. The van der Waals surface area contributed by atoms with E-state index in [4.69, 9.17) is 13.9 Å². The van der Waals surface area contributed by atoms with Crippen LogP contribution in [-0.2, 0) is 22.5 Å². The highest BCUT2D eigenvalue weighted by atomic mass is 32.1. The van der Waals surface area contributed by atoms with Crippen LogP contribution in [0.4, 0.5) is 9.80 Å². The van der Waals surface area contributed by atoms with Gasteiger partial charge < -0.3 is 29.4 Å². The van der Waals surface area contributed by atoms with Crippen LogP contribution < -0.4 is 15.4 Å². The van der Waals surface area contributed by atoms with Crippen molar-refractivity contribution in [3.8, 4) is 5.75 Å². The summed E-state index contributed by atoms with van der Waals surface area (Å²) < 4.78 is 15.7. The second kappa shape index (κ2) is 9.67. The quantitative estimate of drug-likeness (QED) is 0.309. The Morgan fingerprint density at radius 2 is 2.14 bits per heavy atom. The first-order valence-electron chi connectivity index (χ1n) is 11.2. The highest BCUT2D eigenvalue weighted by Gasteiger charge is 2.34. The molecule has 0 unspecified atom stereocenters. The number of thiophene rings is 1. The number of furan rings is 1. The smallest absolute Gasteiger partial charge is 0.410 e. The van der Waals surface area contributed by atoms with Crippen LogP contribution >= 0.6 is 11.3 Å². The Hall–Kier alpha value is -4.05. The lowest BCUT2D eigenvalue weighted by Gasteiger charge is -2.28. The minimum atomic E-state index is -0.543. The third kappa shape index (κ3) is 4.78. The molecule has 180 valence electrons. The number of anilines is 1. The van der Waals surface area contributed by atoms with Gasteiger partial charge in [0.1, 0.15) is 22.7 Å². The van der Waals surface area contributed by atoms with Crippen molar-refractivity contribution in [2.45, 2.75) is 26.1 Å². The first-order chi connectivity index (χ1) is 17.0. The molecule has 2 aromatic heterocycles. The number of benzene rings is 1. The number of nitrogens with zero attached hydrogens (tertiary/aromatic N) is 1. The van der Waals surface area contributed by atoms with E-state index in [2.05, 4.69) is 10.6 Å². The Labute approximate surface area is 205 Å². The Bertz CT molecular complexity index is 1300. The third-order valence-corrected chi connectivity index (χ3v) is 6.85. The molecule has 0 bridgehead atoms. The summed E-state index contributed by atoms with van der Waals surface area (Å²) in [6.45, 7) is 3.03. The van der Waals surface area contributed by atoms with E-state index in [1.54, 1.807) is 42.2 Å². The standard InChI is InChI=1S/C25H23N3O6S/c1-2-32-25(31)28-11-10-18-19(14-28)35-24-21(18)23(30)26-22(27-24)15-5-3-6-17(13-15)34-20(29)9-8-16-7-4-12-33-16/h3-9,12-13,22,27H,2,10-11,14H2,1H3,(H,26,30)/b9-8+/t22-/m0/s1. The second-order valence-corrected chi connectivity index (χ2v) is 9.08. The number of carbonyl (C=O) groups excluding carboxylic acids is 3. The van der Waals surface area contributed by atoms with Gasteiger partial charge in [0.15, 0.2) is 0 Å². The minimum absolute atomic E-state index is 0.172. The molecule has 0 saturated heterocycles. The molecule has 9 nitrogen and oxygen atoms in total. The molecular formula is C25H23N3O6S. The Balaban J connectivity index is 1.30. The Morgan fingerprint density at radius 1 is 1.26 bits per heavy atom. The van der Waals surface area contributed by atoms with Gasteiger partial charge in [-0.1, -0.05) is 12.1 Å². The molecule has 0 aliphatic carbocycles. The zero-order valence-corrected chi connectivity index (χ0v) is 19.7. The number of hydrogen-bond acceptors (Lipinski definition) is 8. The number of amides is 2. The maximum Gasteiger partial charge on any atom is 0.410 e. The molecule has 5 rings (SSSR count). The molecule has 0 fully saturated rings. The maximum atomic E-state index is 13.0. The first-order valence-corrected chi connectivity index (χ1v) is 12.0. The SMILES string of the molecule is CCOC(=O)N1CCc2c(sc3c2C(=O)N[C@H](c2cccc(OC(=O)/C=C/c4ccco4)c2)N3)C1. The fourth-order valence-corrected chi connectivity index (χ4v) is 5.39. The van der Waals surface area contributed by atoms with Crippen LogP contribution in [0.15, 0.2) is 53.2 Å². The topological polar surface area (TPSA) is 110 Å². The lowest BCUT2D eigenvalue weighted by Crippen LogP contribution is -2.39. The molecule has 4 heterocycles. The fraction of sp³-hybridized carbons (Fsp3) is 0.240. The molecule has 2 aliphatic rings. The van der Waals surface area contributed by atoms with Crippen molar-refractivity contribution in [3.63, 3.8) is 0 Å². The molecule has 10 heteroatoms. The normalized spacial score (nSPS) is 16.8. The molecule has 2 aliphatic heterocycles. The van der Waals surface area contributed by atoms with Crippen molar-refractivity contribution in [1.29, 1.82) is 0 Å². The van der Waals surface area contributed by atoms with Gasteiger partial charge in [-0.15, -0.1) is 11.3 Å². The van der Waals surface area contributed by atoms with Crippen LogP contribution in [0.5, 0.6) is 5.75 Å². The molecule has 35 heavy (non-hydrogen) atoms. The summed E-state index contributed by atoms with van der Waals surface area (Å²) in [6, 6.07) is 10.4. The van der Waals surface area contributed by atoms with Gasteiger partial charge in [-0.2, -0.15) is 0 Å². The van der Waals surface area contributed by atoms with Crippen LogP contribution in [0.3, 0.4) is 0 Å². The van der Waals surface area contributed by atoms with Gasteiger partial charge in [-0.05, 0) is 54.8 Å². The maximum absolute atomic E-state index is 13.0. The monoisotopic (exact) mass is 493 g/mol. The molecule has 1 aromatic carbocycles. The number of fused-ring (bicyclic) bond motifs is 3.